The lowest BCUT2D eigenvalue weighted by Crippen LogP contribution is -2.03. The molecule has 0 aromatic rings. The average molecular weight is 250 g/mol. The summed E-state index contributed by atoms with van der Waals surface area (Å²) in [6.07, 6.45) is 7.08. The normalized spacial score (nSPS) is 11.8. The second kappa shape index (κ2) is 18.2. The van der Waals surface area contributed by atoms with E-state index in [4.69, 9.17) is 20.4 Å². The number of rotatable bonds is 10. The van der Waals surface area contributed by atoms with Crippen LogP contribution in [0.15, 0.2) is 0 Å². The van der Waals surface area contributed by atoms with Crippen LogP contribution in [0, 0.1) is 0 Å². The van der Waals surface area contributed by atoms with Gasteiger partial charge in [0.15, 0.2) is 0 Å². The maximum absolute atomic E-state index is 9.00. The minimum atomic E-state index is -0.156. The van der Waals surface area contributed by atoms with Crippen LogP contribution >= 0.6 is 0 Å². The Kier molecular flexibility index (Phi) is 20.6. The molecule has 0 saturated heterocycles. The van der Waals surface area contributed by atoms with Crippen LogP contribution in [-0.2, 0) is 0 Å². The van der Waals surface area contributed by atoms with Crippen LogP contribution in [0.25, 0.3) is 0 Å². The van der Waals surface area contributed by atoms with Gasteiger partial charge in [-0.3, -0.25) is 0 Å². The van der Waals surface area contributed by atoms with Crippen molar-refractivity contribution < 1.29 is 20.4 Å². The molecule has 4 N–H and O–H groups in total. The van der Waals surface area contributed by atoms with Gasteiger partial charge in [0.05, 0.1) is 6.10 Å². The molecule has 0 aromatic carbocycles. The maximum Gasteiger partial charge on any atom is 0.0537 e. The van der Waals surface area contributed by atoms with Gasteiger partial charge in [-0.15, -0.1) is 0 Å². The Morgan fingerprint density at radius 1 is 0.706 bits per heavy atom. The van der Waals surface area contributed by atoms with E-state index in [1.54, 1.807) is 0 Å². The molecule has 1 atom stereocenters. The van der Waals surface area contributed by atoms with Crippen molar-refractivity contribution in [3.8, 4) is 0 Å². The molecule has 0 amide bonds. The summed E-state index contributed by atoms with van der Waals surface area (Å²) >= 11 is 0. The molecule has 106 valence electrons. The fourth-order valence-electron chi connectivity index (χ4n) is 1.27. The molecule has 0 aliphatic rings. The zero-order valence-corrected chi connectivity index (χ0v) is 11.1. The molecule has 0 rings (SSSR count). The van der Waals surface area contributed by atoms with Gasteiger partial charge in [0.25, 0.3) is 0 Å². The number of hydrogen-bond donors (Lipinski definition) is 4. The first kappa shape index (κ1) is 19.2. The van der Waals surface area contributed by atoms with Gasteiger partial charge in [-0.1, -0.05) is 19.8 Å². The second-order valence-corrected chi connectivity index (χ2v) is 4.14. The Morgan fingerprint density at radius 2 is 1.12 bits per heavy atom. The van der Waals surface area contributed by atoms with E-state index in [0.29, 0.717) is 0 Å². The number of unbranched alkanes of at least 4 members (excludes halogenated alkanes) is 4. The van der Waals surface area contributed by atoms with Crippen LogP contribution < -0.4 is 0 Å². The van der Waals surface area contributed by atoms with Crippen molar-refractivity contribution in [2.24, 2.45) is 0 Å². The summed E-state index contributed by atoms with van der Waals surface area (Å²) in [5.41, 5.74) is 0. The molecule has 0 fully saturated rings. The third-order valence-electron chi connectivity index (χ3n) is 2.48. The molecule has 0 bridgehead atoms. The number of hydrogen-bond acceptors (Lipinski definition) is 4. The highest BCUT2D eigenvalue weighted by atomic mass is 16.3. The van der Waals surface area contributed by atoms with Crippen molar-refractivity contribution >= 4 is 0 Å². The van der Waals surface area contributed by atoms with E-state index in [0.717, 1.165) is 51.4 Å². The van der Waals surface area contributed by atoms with E-state index in [-0.39, 0.29) is 25.9 Å². The molecule has 0 heterocycles. The summed E-state index contributed by atoms with van der Waals surface area (Å²) in [6, 6.07) is 0. The van der Waals surface area contributed by atoms with Gasteiger partial charge in [0.1, 0.15) is 0 Å². The van der Waals surface area contributed by atoms with Crippen LogP contribution in [0.5, 0.6) is 0 Å². The monoisotopic (exact) mass is 250 g/mol. The van der Waals surface area contributed by atoms with Crippen LogP contribution in [0.1, 0.15) is 58.3 Å². The fraction of sp³-hybridized carbons (Fsp3) is 1.00. The molecule has 17 heavy (non-hydrogen) atoms. The smallest absolute Gasteiger partial charge is 0.0537 e. The van der Waals surface area contributed by atoms with Crippen molar-refractivity contribution in [1.29, 1.82) is 0 Å². The van der Waals surface area contributed by atoms with Crippen molar-refractivity contribution in [3.63, 3.8) is 0 Å². The van der Waals surface area contributed by atoms with Crippen LogP contribution in [-0.4, -0.2) is 46.4 Å². The summed E-state index contributed by atoms with van der Waals surface area (Å²) in [5.74, 6) is 0. The minimum absolute atomic E-state index is 0.156. The Labute approximate surface area is 105 Å². The van der Waals surface area contributed by atoms with E-state index in [1.807, 2.05) is 6.92 Å². The van der Waals surface area contributed by atoms with E-state index in [9.17, 15) is 0 Å². The highest BCUT2D eigenvalue weighted by Crippen LogP contribution is 2.02. The SMILES string of the molecule is CCC(O)CCCCO.OCCCCCCO. The van der Waals surface area contributed by atoms with E-state index in [2.05, 4.69) is 0 Å². The molecule has 0 aliphatic heterocycles. The molecule has 1 unspecified atom stereocenters. The molecule has 4 nitrogen and oxygen atoms in total. The lowest BCUT2D eigenvalue weighted by atomic mass is 10.1. The molecule has 0 spiro atoms. The first-order valence-corrected chi connectivity index (χ1v) is 6.73. The third kappa shape index (κ3) is 21.6. The zero-order chi connectivity index (χ0) is 13.4. The Balaban J connectivity index is 0. The largest absolute Gasteiger partial charge is 0.396 e. The average Bonchev–Trinajstić information content (AvgIpc) is 2.35. The molecular formula is C13H30O4. The molecular weight excluding hydrogens is 220 g/mol. The van der Waals surface area contributed by atoms with Crippen molar-refractivity contribution in [2.45, 2.75) is 64.4 Å². The van der Waals surface area contributed by atoms with Crippen LogP contribution in [0.4, 0.5) is 0 Å². The third-order valence-corrected chi connectivity index (χ3v) is 2.48. The van der Waals surface area contributed by atoms with Crippen LogP contribution in [0.2, 0.25) is 0 Å². The summed E-state index contributed by atoms with van der Waals surface area (Å²) in [6.45, 7) is 2.77. The predicted molar refractivity (Wildman–Crippen MR) is 69.9 cm³/mol. The first-order valence-electron chi connectivity index (χ1n) is 6.73. The van der Waals surface area contributed by atoms with Crippen molar-refractivity contribution in [2.75, 3.05) is 19.8 Å². The van der Waals surface area contributed by atoms with Gasteiger partial charge < -0.3 is 20.4 Å². The van der Waals surface area contributed by atoms with Gasteiger partial charge in [-0.25, -0.2) is 0 Å². The Morgan fingerprint density at radius 3 is 1.47 bits per heavy atom. The molecule has 4 heteroatoms. The predicted octanol–water partition coefficient (Wildman–Crippen LogP) is 1.45. The van der Waals surface area contributed by atoms with Gasteiger partial charge in [0, 0.05) is 19.8 Å². The van der Waals surface area contributed by atoms with E-state index < -0.39 is 0 Å². The van der Waals surface area contributed by atoms with Gasteiger partial charge >= 0.3 is 0 Å². The quantitative estimate of drug-likeness (QED) is 0.442. The molecule has 0 saturated carbocycles. The lowest BCUT2D eigenvalue weighted by Gasteiger charge is -2.04. The highest BCUT2D eigenvalue weighted by Gasteiger charge is 1.97. The Hall–Kier alpha value is -0.160. The summed E-state index contributed by atoms with van der Waals surface area (Å²) in [7, 11) is 0. The zero-order valence-electron chi connectivity index (χ0n) is 11.1. The van der Waals surface area contributed by atoms with Gasteiger partial charge in [-0.2, -0.15) is 0 Å². The Bertz CT molecular complexity index is 114. The summed E-state index contributed by atoms with van der Waals surface area (Å²) < 4.78 is 0. The standard InChI is InChI=1S/C7H16O2.C6H14O2/c1-2-7(9)5-3-4-6-8;7-5-3-1-2-4-6-8/h7-9H,2-6H2,1H3;7-8H,1-6H2. The van der Waals surface area contributed by atoms with Crippen molar-refractivity contribution in [3.05, 3.63) is 0 Å². The molecule has 0 aliphatic carbocycles. The lowest BCUT2D eigenvalue weighted by molar-refractivity contribution is 0.153. The van der Waals surface area contributed by atoms with Gasteiger partial charge in [-0.05, 0) is 38.5 Å². The number of aliphatic hydroxyl groups is 4. The topological polar surface area (TPSA) is 80.9 Å². The number of aliphatic hydroxyl groups excluding tert-OH is 4. The van der Waals surface area contributed by atoms with Gasteiger partial charge in [0.2, 0.25) is 0 Å². The first-order chi connectivity index (χ1) is 8.22. The summed E-state index contributed by atoms with van der Waals surface area (Å²) in [5, 5.41) is 34.0. The van der Waals surface area contributed by atoms with Crippen molar-refractivity contribution in [1.82, 2.24) is 0 Å². The second-order valence-electron chi connectivity index (χ2n) is 4.14. The van der Waals surface area contributed by atoms with E-state index >= 15 is 0 Å². The maximum atomic E-state index is 9.00. The van der Waals surface area contributed by atoms with E-state index in [1.165, 1.54) is 0 Å². The molecule has 0 aromatic heterocycles. The fourth-order valence-corrected chi connectivity index (χ4v) is 1.27. The highest BCUT2D eigenvalue weighted by molar-refractivity contribution is 4.51. The van der Waals surface area contributed by atoms with Crippen LogP contribution in [0.3, 0.4) is 0 Å². The minimum Gasteiger partial charge on any atom is -0.396 e. The molecule has 0 radical (unpaired) electrons. The summed E-state index contributed by atoms with van der Waals surface area (Å²) in [4.78, 5) is 0.